The number of nitrogens with zero attached hydrogens (tertiary/aromatic N) is 2. The van der Waals surface area contributed by atoms with E-state index in [2.05, 4.69) is 21.1 Å². The third-order valence-electron chi connectivity index (χ3n) is 2.87. The highest BCUT2D eigenvalue weighted by Gasteiger charge is 2.15. The minimum Gasteiger partial charge on any atom is -0.331 e. The second-order valence-electron chi connectivity index (χ2n) is 3.79. The van der Waals surface area contributed by atoms with Crippen LogP contribution < -0.4 is 11.1 Å². The number of nitrogens with one attached hydrogen (secondary N) is 1. The molecule has 0 bridgehead atoms. The molecule has 2 heterocycles. The standard InChI is InChI=1S/C10H18N4/c11-8-10-13-6-7-14(10)9-2-1-4-12-5-3-9/h6-7,9,12H,1-5,8,11H2. The Morgan fingerprint density at radius 1 is 1.50 bits per heavy atom. The fourth-order valence-electron chi connectivity index (χ4n) is 2.11. The highest BCUT2D eigenvalue weighted by atomic mass is 15.1. The normalized spacial score (nSPS) is 23.4. The molecule has 1 saturated heterocycles. The van der Waals surface area contributed by atoms with Gasteiger partial charge in [0.05, 0.1) is 6.54 Å². The minimum atomic E-state index is 0.539. The lowest BCUT2D eigenvalue weighted by Crippen LogP contribution is -2.17. The molecule has 4 heteroatoms. The third kappa shape index (κ3) is 1.96. The van der Waals surface area contributed by atoms with Crippen molar-refractivity contribution in [3.05, 3.63) is 18.2 Å². The van der Waals surface area contributed by atoms with E-state index in [1.165, 1.54) is 19.3 Å². The molecular weight excluding hydrogens is 176 g/mol. The fraction of sp³-hybridized carbons (Fsp3) is 0.700. The minimum absolute atomic E-state index is 0.539. The average molecular weight is 194 g/mol. The van der Waals surface area contributed by atoms with Crippen molar-refractivity contribution in [2.24, 2.45) is 5.73 Å². The van der Waals surface area contributed by atoms with E-state index in [1.54, 1.807) is 0 Å². The molecule has 0 saturated carbocycles. The number of hydrogen-bond donors (Lipinski definition) is 2. The van der Waals surface area contributed by atoms with Crippen molar-refractivity contribution >= 4 is 0 Å². The van der Waals surface area contributed by atoms with Crippen LogP contribution in [-0.2, 0) is 6.54 Å². The fourth-order valence-corrected chi connectivity index (χ4v) is 2.11. The average Bonchev–Trinajstić information content (AvgIpc) is 2.52. The van der Waals surface area contributed by atoms with Crippen molar-refractivity contribution in [2.45, 2.75) is 31.8 Å². The second-order valence-corrected chi connectivity index (χ2v) is 3.79. The molecule has 1 aromatic heterocycles. The Morgan fingerprint density at radius 2 is 2.43 bits per heavy atom. The Balaban J connectivity index is 2.11. The topological polar surface area (TPSA) is 55.9 Å². The maximum atomic E-state index is 5.64. The summed E-state index contributed by atoms with van der Waals surface area (Å²) >= 11 is 0. The molecule has 0 aromatic carbocycles. The summed E-state index contributed by atoms with van der Waals surface area (Å²) in [6, 6.07) is 0.589. The number of hydrogen-bond acceptors (Lipinski definition) is 3. The van der Waals surface area contributed by atoms with E-state index >= 15 is 0 Å². The molecule has 3 N–H and O–H groups in total. The van der Waals surface area contributed by atoms with Gasteiger partial charge in [0.1, 0.15) is 5.82 Å². The summed E-state index contributed by atoms with van der Waals surface area (Å²) in [5.74, 6) is 1.01. The van der Waals surface area contributed by atoms with Gasteiger partial charge >= 0.3 is 0 Å². The highest BCUT2D eigenvalue weighted by Crippen LogP contribution is 2.20. The van der Waals surface area contributed by atoms with Crippen LogP contribution in [0.1, 0.15) is 31.1 Å². The van der Waals surface area contributed by atoms with Gasteiger partial charge in [-0.05, 0) is 32.4 Å². The largest absolute Gasteiger partial charge is 0.331 e. The predicted octanol–water partition coefficient (Wildman–Crippen LogP) is 0.656. The molecule has 78 valence electrons. The maximum Gasteiger partial charge on any atom is 0.122 e. The van der Waals surface area contributed by atoms with E-state index in [1.807, 2.05) is 6.20 Å². The van der Waals surface area contributed by atoms with Gasteiger partial charge in [-0.25, -0.2) is 4.98 Å². The van der Waals surface area contributed by atoms with Crippen molar-refractivity contribution in [3.63, 3.8) is 0 Å². The van der Waals surface area contributed by atoms with Crippen molar-refractivity contribution in [2.75, 3.05) is 13.1 Å². The molecule has 0 aliphatic carbocycles. The van der Waals surface area contributed by atoms with E-state index < -0.39 is 0 Å². The molecular formula is C10H18N4. The SMILES string of the molecule is NCc1nccn1C1CCCNCC1. The van der Waals surface area contributed by atoms with Crippen LogP contribution >= 0.6 is 0 Å². The van der Waals surface area contributed by atoms with E-state index in [0.29, 0.717) is 12.6 Å². The van der Waals surface area contributed by atoms with Crippen LogP contribution in [0.5, 0.6) is 0 Å². The molecule has 14 heavy (non-hydrogen) atoms. The maximum absolute atomic E-state index is 5.64. The first-order chi connectivity index (χ1) is 6.92. The first-order valence-corrected chi connectivity index (χ1v) is 5.34. The summed E-state index contributed by atoms with van der Waals surface area (Å²) < 4.78 is 2.24. The lowest BCUT2D eigenvalue weighted by molar-refractivity contribution is 0.439. The molecule has 1 aliphatic rings. The molecule has 1 unspecified atom stereocenters. The summed E-state index contributed by atoms with van der Waals surface area (Å²) in [6.07, 6.45) is 7.56. The lowest BCUT2D eigenvalue weighted by atomic mass is 10.1. The molecule has 1 aromatic rings. The Morgan fingerprint density at radius 3 is 3.29 bits per heavy atom. The van der Waals surface area contributed by atoms with Crippen LogP contribution in [0.25, 0.3) is 0 Å². The van der Waals surface area contributed by atoms with Crippen molar-refractivity contribution in [1.82, 2.24) is 14.9 Å². The molecule has 0 spiro atoms. The molecule has 1 fully saturated rings. The number of aromatic nitrogens is 2. The Bertz CT molecular complexity index is 273. The van der Waals surface area contributed by atoms with Gasteiger partial charge in [0.2, 0.25) is 0 Å². The zero-order valence-electron chi connectivity index (χ0n) is 8.45. The summed E-state index contributed by atoms with van der Waals surface area (Å²) in [4.78, 5) is 4.26. The Hall–Kier alpha value is -0.870. The molecule has 1 atom stereocenters. The van der Waals surface area contributed by atoms with E-state index in [0.717, 1.165) is 18.9 Å². The van der Waals surface area contributed by atoms with Crippen LogP contribution in [0.15, 0.2) is 12.4 Å². The lowest BCUT2D eigenvalue weighted by Gasteiger charge is -2.17. The zero-order valence-corrected chi connectivity index (χ0v) is 8.45. The molecule has 4 nitrogen and oxygen atoms in total. The van der Waals surface area contributed by atoms with Crippen molar-refractivity contribution in [3.8, 4) is 0 Å². The van der Waals surface area contributed by atoms with Gasteiger partial charge < -0.3 is 15.6 Å². The van der Waals surface area contributed by atoms with Gasteiger partial charge in [-0.2, -0.15) is 0 Å². The van der Waals surface area contributed by atoms with Gasteiger partial charge in [0, 0.05) is 18.4 Å². The van der Waals surface area contributed by atoms with Crippen molar-refractivity contribution < 1.29 is 0 Å². The number of imidazole rings is 1. The van der Waals surface area contributed by atoms with Gasteiger partial charge in [0.25, 0.3) is 0 Å². The van der Waals surface area contributed by atoms with Crippen LogP contribution in [0.2, 0.25) is 0 Å². The van der Waals surface area contributed by atoms with Gasteiger partial charge in [-0.1, -0.05) is 0 Å². The van der Waals surface area contributed by atoms with Gasteiger partial charge in [0.15, 0.2) is 0 Å². The zero-order chi connectivity index (χ0) is 9.80. The molecule has 1 aliphatic heterocycles. The monoisotopic (exact) mass is 194 g/mol. The van der Waals surface area contributed by atoms with Crippen LogP contribution in [-0.4, -0.2) is 22.6 Å². The first-order valence-electron chi connectivity index (χ1n) is 5.34. The van der Waals surface area contributed by atoms with Crippen LogP contribution in [0.4, 0.5) is 0 Å². The smallest absolute Gasteiger partial charge is 0.122 e. The highest BCUT2D eigenvalue weighted by molar-refractivity contribution is 4.95. The van der Waals surface area contributed by atoms with Crippen LogP contribution in [0.3, 0.4) is 0 Å². The third-order valence-corrected chi connectivity index (χ3v) is 2.87. The Kier molecular flexibility index (Phi) is 3.16. The summed E-state index contributed by atoms with van der Waals surface area (Å²) in [5.41, 5.74) is 5.64. The predicted molar refractivity (Wildman–Crippen MR) is 55.9 cm³/mol. The van der Waals surface area contributed by atoms with E-state index in [-0.39, 0.29) is 0 Å². The Labute approximate surface area is 84.5 Å². The number of rotatable bonds is 2. The summed E-state index contributed by atoms with van der Waals surface area (Å²) in [7, 11) is 0. The number of nitrogens with two attached hydrogens (primary N) is 1. The van der Waals surface area contributed by atoms with Crippen LogP contribution in [0, 0.1) is 0 Å². The van der Waals surface area contributed by atoms with E-state index in [4.69, 9.17) is 5.73 Å². The molecule has 0 amide bonds. The summed E-state index contributed by atoms with van der Waals surface area (Å²) in [6.45, 7) is 2.78. The van der Waals surface area contributed by atoms with Gasteiger partial charge in [-0.15, -0.1) is 0 Å². The quantitative estimate of drug-likeness (QED) is 0.727. The van der Waals surface area contributed by atoms with E-state index in [9.17, 15) is 0 Å². The summed E-state index contributed by atoms with van der Waals surface area (Å²) in [5, 5.41) is 3.41. The van der Waals surface area contributed by atoms with Crippen molar-refractivity contribution in [1.29, 1.82) is 0 Å². The second kappa shape index (κ2) is 4.57. The molecule has 2 rings (SSSR count). The first kappa shape index (κ1) is 9.68. The van der Waals surface area contributed by atoms with Gasteiger partial charge in [-0.3, -0.25) is 0 Å². The molecule has 0 radical (unpaired) electrons.